The molecule has 4 heteroatoms. The highest BCUT2D eigenvalue weighted by Crippen LogP contribution is 2.37. The predicted molar refractivity (Wildman–Crippen MR) is 115 cm³/mol. The molecule has 5 rings (SSSR count). The van der Waals surface area contributed by atoms with Gasteiger partial charge in [0.05, 0.1) is 19.4 Å². The lowest BCUT2D eigenvalue weighted by molar-refractivity contribution is 0.00578. The summed E-state index contributed by atoms with van der Waals surface area (Å²) in [6.07, 6.45) is 0. The smallest absolute Gasteiger partial charge is 0.456 e. The number of benzene rings is 3. The molecule has 28 heavy (non-hydrogen) atoms. The Labute approximate surface area is 173 Å². The van der Waals surface area contributed by atoms with Crippen molar-refractivity contribution < 1.29 is 22.0 Å². The molecule has 140 valence electrons. The molecule has 1 saturated heterocycles. The fourth-order valence-corrected chi connectivity index (χ4v) is 3.23. The summed E-state index contributed by atoms with van der Waals surface area (Å²) in [6, 6.07) is 7.75. The van der Waals surface area contributed by atoms with Crippen LogP contribution in [0, 0.1) is 0 Å². The minimum atomic E-state index is -1.04. The summed E-state index contributed by atoms with van der Waals surface area (Å²) in [4.78, 5) is 0. The Kier molecular flexibility index (Phi) is 2.58. The van der Waals surface area contributed by atoms with E-state index in [4.69, 9.17) is 22.0 Å². The maximum absolute atomic E-state index is 8.86. The third-order valence-electron chi connectivity index (χ3n) is 5.58. The number of fused-ring (bicyclic) bond motifs is 3. The van der Waals surface area contributed by atoms with E-state index in [-0.39, 0.29) is 69.2 Å². The van der Waals surface area contributed by atoms with Gasteiger partial charge in [0.15, 0.2) is 0 Å². The van der Waals surface area contributed by atoms with E-state index in [1.54, 1.807) is 24.3 Å². The van der Waals surface area contributed by atoms with Crippen LogP contribution in [0.2, 0.25) is 0 Å². The molecule has 4 aromatic rings. The van der Waals surface area contributed by atoms with Gasteiger partial charge in [-0.25, -0.2) is 0 Å². The van der Waals surface area contributed by atoms with Gasteiger partial charge in [0.1, 0.15) is 11.2 Å². The topological polar surface area (TPSA) is 31.6 Å². The number of hydrogen-bond donors (Lipinski definition) is 0. The number of rotatable bonds is 2. The molecule has 2 heterocycles. The summed E-state index contributed by atoms with van der Waals surface area (Å²) >= 11 is 0. The van der Waals surface area contributed by atoms with Crippen molar-refractivity contribution >= 4 is 34.5 Å². The molecular weight excluding hydrogens is 347 g/mol. The van der Waals surface area contributed by atoms with Crippen molar-refractivity contribution in [1.29, 1.82) is 0 Å². The van der Waals surface area contributed by atoms with Gasteiger partial charge in [0, 0.05) is 10.8 Å². The van der Waals surface area contributed by atoms with Gasteiger partial charge in [0.2, 0.25) is 0 Å². The maximum atomic E-state index is 8.86. The lowest BCUT2D eigenvalue weighted by Gasteiger charge is -2.32. The summed E-state index contributed by atoms with van der Waals surface area (Å²) in [6.45, 7) is 7.45. The van der Waals surface area contributed by atoms with E-state index in [0.29, 0.717) is 5.56 Å². The molecule has 3 nitrogen and oxygen atoms in total. The van der Waals surface area contributed by atoms with E-state index in [2.05, 4.69) is 0 Å². The van der Waals surface area contributed by atoms with Crippen LogP contribution in [0.3, 0.4) is 0 Å². The first-order chi connectivity index (χ1) is 15.9. The normalized spacial score (nSPS) is 21.2. The SMILES string of the molecule is [2H]c1c(-c2ccccc2)c([2H])c2c(oc3c([2H])c(B4OC(C)(C)C(C)(C)O4)c([2H])c([2H])c32)c1[2H]. The first-order valence-corrected chi connectivity index (χ1v) is 9.24. The lowest BCUT2D eigenvalue weighted by Crippen LogP contribution is -2.41. The van der Waals surface area contributed by atoms with Gasteiger partial charge in [0.25, 0.3) is 0 Å². The Morgan fingerprint density at radius 3 is 2.18 bits per heavy atom. The molecule has 0 unspecified atom stereocenters. The molecule has 1 aliphatic rings. The van der Waals surface area contributed by atoms with Crippen LogP contribution in [0.4, 0.5) is 0 Å². The summed E-state index contributed by atoms with van der Waals surface area (Å²) in [5.41, 5.74) is -0.551. The van der Waals surface area contributed by atoms with Gasteiger partial charge < -0.3 is 13.7 Å². The van der Waals surface area contributed by atoms with Crippen molar-refractivity contribution in [2.45, 2.75) is 38.9 Å². The number of furan rings is 1. The molecule has 3 aromatic carbocycles. The zero-order valence-corrected chi connectivity index (χ0v) is 16.2. The van der Waals surface area contributed by atoms with Crippen molar-refractivity contribution in [1.82, 2.24) is 0 Å². The second-order valence-corrected chi connectivity index (χ2v) is 8.00. The quantitative estimate of drug-likeness (QED) is 0.430. The highest BCUT2D eigenvalue weighted by molar-refractivity contribution is 6.62. The molecule has 0 radical (unpaired) electrons. The maximum Gasteiger partial charge on any atom is 0.494 e. The monoisotopic (exact) mass is 376 g/mol. The van der Waals surface area contributed by atoms with Crippen LogP contribution in [-0.4, -0.2) is 18.3 Å². The van der Waals surface area contributed by atoms with E-state index in [0.717, 1.165) is 0 Å². The van der Waals surface area contributed by atoms with Gasteiger partial charge >= 0.3 is 7.12 Å². The van der Waals surface area contributed by atoms with Crippen LogP contribution in [0.25, 0.3) is 33.1 Å². The van der Waals surface area contributed by atoms with E-state index < -0.39 is 18.3 Å². The first-order valence-electron chi connectivity index (χ1n) is 12.2. The standard InChI is InChI=1S/C24H23BO3/c1-23(2)24(3,4)28-25(27-23)18-11-12-19-20-14-17(16-8-6-5-7-9-16)10-13-21(20)26-22(19)15-18/h5-15H,1-4H3/i10D,11D,12D,13D,14D,15D. The van der Waals surface area contributed by atoms with Gasteiger partial charge in [-0.1, -0.05) is 48.5 Å². The molecule has 0 saturated carbocycles. The molecule has 0 amide bonds. The molecule has 0 bridgehead atoms. The molecule has 1 aliphatic heterocycles. The largest absolute Gasteiger partial charge is 0.494 e. The summed E-state index contributed by atoms with van der Waals surface area (Å²) < 4.78 is 70.1. The van der Waals surface area contributed by atoms with Crippen LogP contribution in [-0.2, 0) is 9.31 Å². The van der Waals surface area contributed by atoms with Gasteiger partial charge in [-0.05, 0) is 62.4 Å². The molecule has 0 atom stereocenters. The van der Waals surface area contributed by atoms with Crippen LogP contribution in [0.5, 0.6) is 0 Å². The molecular formula is C24H23BO3. The summed E-state index contributed by atoms with van der Waals surface area (Å²) in [5, 5.41) is 0.267. The Balaban J connectivity index is 1.84. The minimum absolute atomic E-state index is 0.0210. The average Bonchev–Trinajstić information content (AvgIpc) is 3.27. The van der Waals surface area contributed by atoms with Gasteiger partial charge in [-0.2, -0.15) is 0 Å². The molecule has 1 fully saturated rings. The van der Waals surface area contributed by atoms with Crippen LogP contribution in [0.15, 0.2) is 71.0 Å². The average molecular weight is 376 g/mol. The highest BCUT2D eigenvalue weighted by atomic mass is 16.7. The van der Waals surface area contributed by atoms with Gasteiger partial charge in [-0.3, -0.25) is 0 Å². The van der Waals surface area contributed by atoms with Crippen molar-refractivity contribution in [3.8, 4) is 11.1 Å². The first kappa shape index (κ1) is 12.1. The Morgan fingerprint density at radius 2 is 1.46 bits per heavy atom. The van der Waals surface area contributed by atoms with Crippen LogP contribution in [0.1, 0.15) is 35.9 Å². The Morgan fingerprint density at radius 1 is 0.750 bits per heavy atom. The predicted octanol–water partition coefficient (Wildman–Crippen LogP) is 5.55. The number of hydrogen-bond acceptors (Lipinski definition) is 3. The van der Waals surface area contributed by atoms with Gasteiger partial charge in [-0.15, -0.1) is 0 Å². The fraction of sp³-hybridized carbons (Fsp3) is 0.250. The summed E-state index contributed by atoms with van der Waals surface area (Å²) in [5.74, 6) is 0. The van der Waals surface area contributed by atoms with Crippen LogP contribution >= 0.6 is 0 Å². The minimum Gasteiger partial charge on any atom is -0.456 e. The van der Waals surface area contributed by atoms with Crippen molar-refractivity contribution in [2.75, 3.05) is 0 Å². The molecule has 0 N–H and O–H groups in total. The van der Waals surface area contributed by atoms with Crippen molar-refractivity contribution in [2.24, 2.45) is 0 Å². The van der Waals surface area contributed by atoms with E-state index in [9.17, 15) is 0 Å². The zero-order valence-electron chi connectivity index (χ0n) is 22.2. The van der Waals surface area contributed by atoms with E-state index in [1.165, 1.54) is 0 Å². The second-order valence-electron chi connectivity index (χ2n) is 8.00. The third-order valence-corrected chi connectivity index (χ3v) is 5.58. The van der Waals surface area contributed by atoms with E-state index >= 15 is 0 Å². The lowest BCUT2D eigenvalue weighted by atomic mass is 9.79. The zero-order chi connectivity index (χ0) is 24.7. The third kappa shape index (κ3) is 2.68. The van der Waals surface area contributed by atoms with Crippen LogP contribution < -0.4 is 5.46 Å². The molecule has 0 spiro atoms. The molecule has 0 aliphatic carbocycles. The Bertz CT molecular complexity index is 1460. The summed E-state index contributed by atoms with van der Waals surface area (Å²) in [7, 11) is -1.04. The molecule has 1 aromatic heterocycles. The van der Waals surface area contributed by atoms with Crippen molar-refractivity contribution in [3.05, 3.63) is 66.6 Å². The van der Waals surface area contributed by atoms with E-state index in [1.807, 2.05) is 33.8 Å². The Hall–Kier alpha value is -2.56. The highest BCUT2D eigenvalue weighted by Gasteiger charge is 2.51. The fourth-order valence-electron chi connectivity index (χ4n) is 3.23. The second kappa shape index (κ2) is 5.97. The van der Waals surface area contributed by atoms with Crippen molar-refractivity contribution in [3.63, 3.8) is 0 Å².